The molecule has 1 aromatic carbocycles. The Morgan fingerprint density at radius 2 is 1.94 bits per heavy atom. The highest BCUT2D eigenvalue weighted by atomic mass is 16.4. The number of aromatic nitrogens is 1. The summed E-state index contributed by atoms with van der Waals surface area (Å²) in [5, 5.41) is 3.39. The van der Waals surface area contributed by atoms with Crippen LogP contribution in [-0.4, -0.2) is 4.98 Å². The molecule has 3 nitrogen and oxygen atoms in total. The Morgan fingerprint density at radius 1 is 1.24 bits per heavy atom. The molecule has 0 fully saturated rings. The van der Waals surface area contributed by atoms with Gasteiger partial charge in [0.1, 0.15) is 5.76 Å². The lowest BCUT2D eigenvalue weighted by Gasteiger charge is -2.13. The van der Waals surface area contributed by atoms with E-state index in [0.29, 0.717) is 12.6 Å². The maximum Gasteiger partial charge on any atom is 0.208 e. The van der Waals surface area contributed by atoms with Gasteiger partial charge in [-0.3, -0.25) is 0 Å². The molecule has 1 heterocycles. The van der Waals surface area contributed by atoms with Crippen LogP contribution in [0, 0.1) is 13.8 Å². The number of hydrogen-bond donors (Lipinski definition) is 1. The van der Waals surface area contributed by atoms with Gasteiger partial charge in [-0.15, -0.1) is 0 Å². The highest BCUT2D eigenvalue weighted by molar-refractivity contribution is 5.23. The highest BCUT2D eigenvalue weighted by Gasteiger charge is 2.06. The van der Waals surface area contributed by atoms with E-state index in [2.05, 4.69) is 48.4 Å². The lowest BCUT2D eigenvalue weighted by Crippen LogP contribution is -2.18. The fourth-order valence-corrected chi connectivity index (χ4v) is 1.70. The molecule has 0 aliphatic heterocycles. The molecule has 0 spiro atoms. The minimum Gasteiger partial charge on any atom is -0.445 e. The van der Waals surface area contributed by atoms with Crippen LogP contribution in [0.3, 0.4) is 0 Å². The summed E-state index contributed by atoms with van der Waals surface area (Å²) in [6.45, 7) is 6.79. The first-order chi connectivity index (χ1) is 8.15. The summed E-state index contributed by atoms with van der Waals surface area (Å²) >= 11 is 0. The van der Waals surface area contributed by atoms with Gasteiger partial charge in [-0.2, -0.15) is 0 Å². The zero-order valence-electron chi connectivity index (χ0n) is 10.5. The minimum atomic E-state index is 0.294. The average molecular weight is 230 g/mol. The fraction of sp³-hybridized carbons (Fsp3) is 0.357. The van der Waals surface area contributed by atoms with E-state index in [9.17, 15) is 0 Å². The Kier molecular flexibility index (Phi) is 3.59. The maximum absolute atomic E-state index is 5.42. The van der Waals surface area contributed by atoms with E-state index in [1.807, 2.05) is 6.92 Å². The van der Waals surface area contributed by atoms with Crippen LogP contribution in [0.1, 0.15) is 35.7 Å². The summed E-state index contributed by atoms with van der Waals surface area (Å²) in [5.74, 6) is 1.59. The van der Waals surface area contributed by atoms with Crippen LogP contribution in [0.15, 0.2) is 34.9 Å². The van der Waals surface area contributed by atoms with Crippen molar-refractivity contribution < 1.29 is 4.42 Å². The molecule has 1 aromatic heterocycles. The SMILES string of the molecule is Cc1ccc(C(C)NCc2ncc(C)o2)cc1. The quantitative estimate of drug-likeness (QED) is 0.876. The molecule has 0 bridgehead atoms. The molecule has 0 saturated carbocycles. The minimum absolute atomic E-state index is 0.294. The van der Waals surface area contributed by atoms with Crippen LogP contribution in [0.25, 0.3) is 0 Å². The highest BCUT2D eigenvalue weighted by Crippen LogP contribution is 2.13. The zero-order valence-corrected chi connectivity index (χ0v) is 10.5. The van der Waals surface area contributed by atoms with E-state index in [0.717, 1.165) is 11.7 Å². The van der Waals surface area contributed by atoms with Crippen molar-refractivity contribution in [2.45, 2.75) is 33.4 Å². The topological polar surface area (TPSA) is 38.1 Å². The summed E-state index contributed by atoms with van der Waals surface area (Å²) in [6.07, 6.45) is 1.74. The lowest BCUT2D eigenvalue weighted by molar-refractivity contribution is 0.432. The number of nitrogens with one attached hydrogen (secondary N) is 1. The number of aryl methyl sites for hydroxylation is 2. The van der Waals surface area contributed by atoms with Gasteiger partial charge in [0, 0.05) is 6.04 Å². The van der Waals surface area contributed by atoms with Gasteiger partial charge in [0.05, 0.1) is 12.7 Å². The van der Waals surface area contributed by atoms with Crippen LogP contribution < -0.4 is 5.32 Å². The number of rotatable bonds is 4. The Hall–Kier alpha value is -1.61. The van der Waals surface area contributed by atoms with E-state index < -0.39 is 0 Å². The summed E-state index contributed by atoms with van der Waals surface area (Å²) in [7, 11) is 0. The van der Waals surface area contributed by atoms with Crippen LogP contribution in [0.4, 0.5) is 0 Å². The van der Waals surface area contributed by atoms with E-state index in [1.54, 1.807) is 6.20 Å². The van der Waals surface area contributed by atoms with Crippen molar-refractivity contribution in [1.29, 1.82) is 0 Å². The van der Waals surface area contributed by atoms with Crippen LogP contribution in [0.2, 0.25) is 0 Å². The van der Waals surface area contributed by atoms with Crippen molar-refractivity contribution in [3.8, 4) is 0 Å². The van der Waals surface area contributed by atoms with Crippen LogP contribution >= 0.6 is 0 Å². The zero-order chi connectivity index (χ0) is 12.3. The maximum atomic E-state index is 5.42. The van der Waals surface area contributed by atoms with E-state index in [1.165, 1.54) is 11.1 Å². The Balaban J connectivity index is 1.93. The van der Waals surface area contributed by atoms with Crippen molar-refractivity contribution in [2.24, 2.45) is 0 Å². The lowest BCUT2D eigenvalue weighted by atomic mass is 10.1. The molecule has 0 saturated heterocycles. The third-order valence-electron chi connectivity index (χ3n) is 2.81. The molecular weight excluding hydrogens is 212 g/mol. The van der Waals surface area contributed by atoms with Crippen molar-refractivity contribution in [1.82, 2.24) is 10.3 Å². The third kappa shape index (κ3) is 3.17. The average Bonchev–Trinajstić information content (AvgIpc) is 2.73. The van der Waals surface area contributed by atoms with Crippen LogP contribution in [-0.2, 0) is 6.54 Å². The van der Waals surface area contributed by atoms with E-state index in [-0.39, 0.29) is 0 Å². The summed E-state index contributed by atoms with van der Waals surface area (Å²) < 4.78 is 5.42. The van der Waals surface area contributed by atoms with Crippen LogP contribution in [0.5, 0.6) is 0 Å². The van der Waals surface area contributed by atoms with Crippen molar-refractivity contribution in [3.63, 3.8) is 0 Å². The van der Waals surface area contributed by atoms with Crippen molar-refractivity contribution in [3.05, 3.63) is 53.2 Å². The number of nitrogens with zero attached hydrogens (tertiary/aromatic N) is 1. The molecular formula is C14H18N2O. The fourth-order valence-electron chi connectivity index (χ4n) is 1.70. The van der Waals surface area contributed by atoms with E-state index in [4.69, 9.17) is 4.42 Å². The molecule has 0 amide bonds. The molecule has 0 aliphatic carbocycles. The van der Waals surface area contributed by atoms with Gasteiger partial charge in [0.25, 0.3) is 0 Å². The van der Waals surface area contributed by atoms with Gasteiger partial charge in [-0.1, -0.05) is 29.8 Å². The molecule has 0 aliphatic rings. The van der Waals surface area contributed by atoms with Gasteiger partial charge in [-0.25, -0.2) is 4.98 Å². The number of benzene rings is 1. The number of hydrogen-bond acceptors (Lipinski definition) is 3. The largest absolute Gasteiger partial charge is 0.445 e. The summed E-state index contributed by atoms with van der Waals surface area (Å²) in [5.41, 5.74) is 2.56. The molecule has 3 heteroatoms. The third-order valence-corrected chi connectivity index (χ3v) is 2.81. The molecule has 1 atom stereocenters. The van der Waals surface area contributed by atoms with Gasteiger partial charge < -0.3 is 9.73 Å². The molecule has 1 N–H and O–H groups in total. The monoisotopic (exact) mass is 230 g/mol. The Labute approximate surface area is 102 Å². The second kappa shape index (κ2) is 5.15. The van der Waals surface area contributed by atoms with Gasteiger partial charge in [-0.05, 0) is 26.3 Å². The van der Waals surface area contributed by atoms with Gasteiger partial charge in [0.15, 0.2) is 0 Å². The molecule has 0 radical (unpaired) electrons. The first kappa shape index (κ1) is 11.9. The van der Waals surface area contributed by atoms with Gasteiger partial charge in [0.2, 0.25) is 5.89 Å². The molecule has 1 unspecified atom stereocenters. The predicted molar refractivity (Wildman–Crippen MR) is 67.7 cm³/mol. The molecule has 17 heavy (non-hydrogen) atoms. The molecule has 2 aromatic rings. The van der Waals surface area contributed by atoms with Crippen molar-refractivity contribution >= 4 is 0 Å². The predicted octanol–water partition coefficient (Wildman–Crippen LogP) is 3.14. The Bertz CT molecular complexity index is 473. The molecule has 90 valence electrons. The Morgan fingerprint density at radius 3 is 2.53 bits per heavy atom. The van der Waals surface area contributed by atoms with Gasteiger partial charge >= 0.3 is 0 Å². The smallest absolute Gasteiger partial charge is 0.208 e. The first-order valence-corrected chi connectivity index (χ1v) is 5.86. The molecule has 2 rings (SSSR count). The summed E-state index contributed by atoms with van der Waals surface area (Å²) in [6, 6.07) is 8.84. The van der Waals surface area contributed by atoms with Crippen molar-refractivity contribution in [2.75, 3.05) is 0 Å². The normalized spacial score (nSPS) is 12.6. The number of oxazole rings is 1. The van der Waals surface area contributed by atoms with E-state index >= 15 is 0 Å². The standard InChI is InChI=1S/C14H18N2O/c1-10-4-6-13(7-5-10)12(3)15-9-14-16-8-11(2)17-14/h4-8,12,15H,9H2,1-3H3. The summed E-state index contributed by atoms with van der Waals surface area (Å²) in [4.78, 5) is 4.17. The second-order valence-corrected chi connectivity index (χ2v) is 4.38. The second-order valence-electron chi connectivity index (χ2n) is 4.38. The first-order valence-electron chi connectivity index (χ1n) is 5.86.